The molecule has 0 rings (SSSR count). The third kappa shape index (κ3) is 5.63. The monoisotopic (exact) mass is 263 g/mol. The highest BCUT2D eigenvalue weighted by molar-refractivity contribution is 9.10. The summed E-state index contributed by atoms with van der Waals surface area (Å²) in [4.78, 5) is 11.5. The molecule has 14 heavy (non-hydrogen) atoms. The lowest BCUT2D eigenvalue weighted by Crippen LogP contribution is -2.38. The average Bonchev–Trinajstić information content (AvgIpc) is 2.09. The number of amides is 1. The third-order valence-corrected chi connectivity index (χ3v) is 3.86. The second-order valence-electron chi connectivity index (χ2n) is 4.73. The predicted molar refractivity (Wildman–Crippen MR) is 64.7 cm³/mol. The minimum atomic E-state index is -0.100. The molecule has 0 aromatic rings. The maximum Gasteiger partial charge on any atom is 0.234 e. The van der Waals surface area contributed by atoms with Crippen molar-refractivity contribution in [2.45, 2.75) is 51.8 Å². The molecule has 0 bridgehead atoms. The molecule has 0 fully saturated rings. The molecule has 1 unspecified atom stereocenters. The van der Waals surface area contributed by atoms with Gasteiger partial charge in [-0.2, -0.15) is 0 Å². The van der Waals surface area contributed by atoms with E-state index in [2.05, 4.69) is 48.9 Å². The van der Waals surface area contributed by atoms with Gasteiger partial charge in [-0.25, -0.2) is 0 Å². The van der Waals surface area contributed by atoms with Gasteiger partial charge in [-0.05, 0) is 11.8 Å². The zero-order valence-corrected chi connectivity index (χ0v) is 11.3. The summed E-state index contributed by atoms with van der Waals surface area (Å²) in [7, 11) is 0. The first kappa shape index (κ1) is 13.9. The van der Waals surface area contributed by atoms with Crippen LogP contribution in [0.4, 0.5) is 0 Å². The smallest absolute Gasteiger partial charge is 0.234 e. The van der Waals surface area contributed by atoms with Crippen LogP contribution in [0, 0.1) is 5.41 Å². The molecule has 0 saturated carbocycles. The van der Waals surface area contributed by atoms with Gasteiger partial charge < -0.3 is 5.32 Å². The minimum absolute atomic E-state index is 0.0190. The van der Waals surface area contributed by atoms with E-state index in [-0.39, 0.29) is 16.1 Å². The maximum absolute atomic E-state index is 11.6. The van der Waals surface area contributed by atoms with Gasteiger partial charge in [0.1, 0.15) is 0 Å². The number of carbonyl (C=O) groups is 1. The van der Waals surface area contributed by atoms with Crippen LogP contribution in [0.1, 0.15) is 47.0 Å². The molecule has 0 radical (unpaired) electrons. The molecule has 0 aromatic carbocycles. The SMILES string of the molecule is CCCCCNC(=O)C(Br)C(C)(C)C. The molecule has 0 heterocycles. The molecular weight excluding hydrogens is 242 g/mol. The molecule has 0 aliphatic heterocycles. The summed E-state index contributed by atoms with van der Waals surface area (Å²) in [5.74, 6) is 0.105. The van der Waals surface area contributed by atoms with E-state index in [9.17, 15) is 4.79 Å². The molecule has 0 spiro atoms. The summed E-state index contributed by atoms with van der Waals surface area (Å²) in [5, 5.41) is 2.94. The van der Waals surface area contributed by atoms with E-state index in [1.165, 1.54) is 12.8 Å². The van der Waals surface area contributed by atoms with Gasteiger partial charge in [-0.15, -0.1) is 0 Å². The summed E-state index contributed by atoms with van der Waals surface area (Å²) in [6, 6.07) is 0. The Bertz CT molecular complexity index is 175. The van der Waals surface area contributed by atoms with E-state index in [1.54, 1.807) is 0 Å². The maximum atomic E-state index is 11.6. The first-order valence-corrected chi connectivity index (χ1v) is 6.23. The number of alkyl halides is 1. The van der Waals surface area contributed by atoms with Gasteiger partial charge in [0.05, 0.1) is 4.83 Å². The Balaban J connectivity index is 3.74. The van der Waals surface area contributed by atoms with Crippen molar-refractivity contribution in [3.63, 3.8) is 0 Å². The summed E-state index contributed by atoms with van der Waals surface area (Å²) in [5.41, 5.74) is -0.0190. The molecule has 0 saturated heterocycles. The molecule has 0 aliphatic carbocycles. The average molecular weight is 264 g/mol. The van der Waals surface area contributed by atoms with E-state index < -0.39 is 0 Å². The van der Waals surface area contributed by atoms with Crippen molar-refractivity contribution in [2.75, 3.05) is 6.54 Å². The number of hydrogen-bond donors (Lipinski definition) is 1. The Morgan fingerprint density at radius 3 is 2.36 bits per heavy atom. The van der Waals surface area contributed by atoms with Crippen molar-refractivity contribution in [3.05, 3.63) is 0 Å². The van der Waals surface area contributed by atoms with Crippen LogP contribution in [0.3, 0.4) is 0 Å². The van der Waals surface area contributed by atoms with Crippen LogP contribution >= 0.6 is 15.9 Å². The molecule has 0 aliphatic rings. The molecule has 0 aromatic heterocycles. The third-order valence-electron chi connectivity index (χ3n) is 2.07. The normalized spacial score (nSPS) is 13.8. The standard InChI is InChI=1S/C11H22BrNO/c1-5-6-7-8-13-10(14)9(12)11(2,3)4/h9H,5-8H2,1-4H3,(H,13,14). The molecular formula is C11H22BrNO. The number of halogens is 1. The number of carbonyl (C=O) groups excluding carboxylic acids is 1. The molecule has 1 N–H and O–H groups in total. The van der Waals surface area contributed by atoms with Gasteiger partial charge in [0.25, 0.3) is 0 Å². The Kier molecular flexibility index (Phi) is 6.41. The molecule has 1 amide bonds. The van der Waals surface area contributed by atoms with Gasteiger partial charge in [0.2, 0.25) is 5.91 Å². The van der Waals surface area contributed by atoms with E-state index in [0.29, 0.717) is 0 Å². The Labute approximate surface area is 96.0 Å². The van der Waals surface area contributed by atoms with Crippen LogP contribution in [-0.4, -0.2) is 17.3 Å². The van der Waals surface area contributed by atoms with E-state index in [4.69, 9.17) is 0 Å². The first-order chi connectivity index (χ1) is 6.39. The van der Waals surface area contributed by atoms with Crippen molar-refractivity contribution in [2.24, 2.45) is 5.41 Å². The lowest BCUT2D eigenvalue weighted by atomic mass is 9.92. The summed E-state index contributed by atoms with van der Waals surface area (Å²) in [6.07, 6.45) is 3.45. The van der Waals surface area contributed by atoms with Crippen molar-refractivity contribution in [1.29, 1.82) is 0 Å². The van der Waals surface area contributed by atoms with Gasteiger partial charge >= 0.3 is 0 Å². The van der Waals surface area contributed by atoms with Crippen molar-refractivity contribution >= 4 is 21.8 Å². The first-order valence-electron chi connectivity index (χ1n) is 5.31. The molecule has 2 nitrogen and oxygen atoms in total. The highest BCUT2D eigenvalue weighted by Gasteiger charge is 2.27. The van der Waals surface area contributed by atoms with Crippen molar-refractivity contribution in [3.8, 4) is 0 Å². The zero-order valence-electron chi connectivity index (χ0n) is 9.69. The topological polar surface area (TPSA) is 29.1 Å². The highest BCUT2D eigenvalue weighted by Crippen LogP contribution is 2.25. The fraction of sp³-hybridized carbons (Fsp3) is 0.909. The molecule has 1 atom stereocenters. The van der Waals surface area contributed by atoms with Crippen LogP contribution in [0.25, 0.3) is 0 Å². The minimum Gasteiger partial charge on any atom is -0.355 e. The summed E-state index contributed by atoms with van der Waals surface area (Å²) < 4.78 is 0. The van der Waals surface area contributed by atoms with Crippen LogP contribution in [0.2, 0.25) is 0 Å². The second kappa shape index (κ2) is 6.44. The van der Waals surface area contributed by atoms with Crippen molar-refractivity contribution in [1.82, 2.24) is 5.32 Å². The largest absolute Gasteiger partial charge is 0.355 e. The Hall–Kier alpha value is -0.0500. The number of unbranched alkanes of at least 4 members (excludes halogenated alkanes) is 2. The van der Waals surface area contributed by atoms with Crippen molar-refractivity contribution < 1.29 is 4.79 Å². The highest BCUT2D eigenvalue weighted by atomic mass is 79.9. The van der Waals surface area contributed by atoms with Crippen LogP contribution in [0.15, 0.2) is 0 Å². The van der Waals surface area contributed by atoms with E-state index >= 15 is 0 Å². The van der Waals surface area contributed by atoms with E-state index in [0.717, 1.165) is 13.0 Å². The van der Waals surface area contributed by atoms with Crippen LogP contribution < -0.4 is 5.32 Å². The van der Waals surface area contributed by atoms with Crippen LogP contribution in [-0.2, 0) is 4.79 Å². The molecule has 3 heteroatoms. The Morgan fingerprint density at radius 1 is 1.36 bits per heavy atom. The quantitative estimate of drug-likeness (QED) is 0.600. The van der Waals surface area contributed by atoms with Gasteiger partial charge in [0.15, 0.2) is 0 Å². The Morgan fingerprint density at radius 2 is 1.93 bits per heavy atom. The number of rotatable bonds is 5. The van der Waals surface area contributed by atoms with Crippen LogP contribution in [0.5, 0.6) is 0 Å². The van der Waals surface area contributed by atoms with Gasteiger partial charge in [0, 0.05) is 6.54 Å². The summed E-state index contributed by atoms with van der Waals surface area (Å²) >= 11 is 3.42. The van der Waals surface area contributed by atoms with Gasteiger partial charge in [-0.3, -0.25) is 4.79 Å². The second-order valence-corrected chi connectivity index (χ2v) is 5.64. The zero-order chi connectivity index (χ0) is 11.2. The van der Waals surface area contributed by atoms with Gasteiger partial charge in [-0.1, -0.05) is 56.5 Å². The molecule has 84 valence electrons. The fourth-order valence-electron chi connectivity index (χ4n) is 1.07. The van der Waals surface area contributed by atoms with E-state index in [1.807, 2.05) is 0 Å². The number of nitrogens with one attached hydrogen (secondary N) is 1. The number of hydrogen-bond acceptors (Lipinski definition) is 1. The summed E-state index contributed by atoms with van der Waals surface area (Å²) in [6.45, 7) is 9.11. The fourth-order valence-corrected chi connectivity index (χ4v) is 1.23. The lowest BCUT2D eigenvalue weighted by molar-refractivity contribution is -0.121. The predicted octanol–water partition coefficient (Wildman–Crippen LogP) is 3.10. The lowest BCUT2D eigenvalue weighted by Gasteiger charge is -2.24.